The molecule has 1 unspecified atom stereocenters. The molecule has 148 valence electrons. The Hall–Kier alpha value is -2.47. The zero-order chi connectivity index (χ0) is 20.6. The number of hydrogen-bond acceptors (Lipinski definition) is 4. The second-order valence-electron chi connectivity index (χ2n) is 5.34. The third-order valence-corrected chi connectivity index (χ3v) is 4.22. The zero-order valence-corrected chi connectivity index (χ0v) is 13.9. The predicted molar refractivity (Wildman–Crippen MR) is 82.0 cm³/mol. The second-order valence-corrected chi connectivity index (χ2v) is 6.73. The van der Waals surface area contributed by atoms with E-state index in [0.29, 0.717) is 17.8 Å². The molecule has 2 rings (SSSR count). The van der Waals surface area contributed by atoms with Gasteiger partial charge < -0.3 is 10.5 Å². The number of ether oxygens (including phenoxy) is 1. The molecule has 0 amide bonds. The van der Waals surface area contributed by atoms with E-state index in [0.717, 1.165) is 0 Å². The van der Waals surface area contributed by atoms with E-state index in [1.165, 1.54) is 24.3 Å². The minimum atomic E-state index is -6.20. The first kappa shape index (κ1) is 20.8. The van der Waals surface area contributed by atoms with E-state index < -0.39 is 44.6 Å². The first-order valence-electron chi connectivity index (χ1n) is 6.97. The maximum absolute atomic E-state index is 13.8. The number of nitrogens with two attached hydrogens (primary N) is 1. The summed E-state index contributed by atoms with van der Waals surface area (Å²) >= 11 is 0. The number of anilines is 1. The average Bonchev–Trinajstić information content (AvgIpc) is 2.54. The molecule has 0 bridgehead atoms. The minimum absolute atomic E-state index is 0.0132. The lowest BCUT2D eigenvalue weighted by molar-refractivity contribution is -0.305. The molecule has 5 nitrogen and oxygen atoms in total. The first-order valence-corrected chi connectivity index (χ1v) is 8.41. The van der Waals surface area contributed by atoms with Crippen molar-refractivity contribution >= 4 is 15.8 Å². The summed E-state index contributed by atoms with van der Waals surface area (Å²) in [6, 6.07) is 6.63. The molecule has 2 aromatic carbocycles. The molecule has 0 saturated carbocycles. The van der Waals surface area contributed by atoms with Gasteiger partial charge in [-0.25, -0.2) is 4.39 Å². The van der Waals surface area contributed by atoms with Gasteiger partial charge >= 0.3 is 12.1 Å². The van der Waals surface area contributed by atoms with E-state index in [1.807, 2.05) is 0 Å². The third kappa shape index (κ3) is 4.45. The molecule has 0 fully saturated rings. The van der Waals surface area contributed by atoms with Gasteiger partial charge in [0.25, 0.3) is 10.1 Å². The molecule has 0 aliphatic rings. The van der Waals surface area contributed by atoms with E-state index in [2.05, 4.69) is 0 Å². The molecule has 0 heterocycles. The lowest BCUT2D eigenvalue weighted by Crippen LogP contribution is -2.40. The van der Waals surface area contributed by atoms with Crippen LogP contribution in [-0.2, 0) is 10.1 Å². The Labute approximate surface area is 149 Å². The summed E-state index contributed by atoms with van der Waals surface area (Å²) in [7, 11) is -5.14. The van der Waals surface area contributed by atoms with Crippen molar-refractivity contribution in [3.05, 3.63) is 48.0 Å². The van der Waals surface area contributed by atoms with Crippen LogP contribution in [0.25, 0.3) is 0 Å². The van der Waals surface area contributed by atoms with Crippen LogP contribution in [0.4, 0.5) is 32.0 Å². The van der Waals surface area contributed by atoms with Gasteiger partial charge in [-0.3, -0.25) is 4.55 Å². The SMILES string of the molecule is Nc1ccc(Oc2ccc(C(F)C(F)(F)C(F)(F)F)cc2S(=O)(=O)O)cc1. The Bertz CT molecular complexity index is 928. The molecule has 0 saturated heterocycles. The highest BCUT2D eigenvalue weighted by Gasteiger charge is 2.63. The Balaban J connectivity index is 2.49. The van der Waals surface area contributed by atoms with Crippen LogP contribution >= 0.6 is 0 Å². The maximum atomic E-state index is 13.8. The molecule has 0 radical (unpaired) electrons. The number of hydrogen-bond donors (Lipinski definition) is 2. The fourth-order valence-electron chi connectivity index (χ4n) is 1.98. The van der Waals surface area contributed by atoms with Crippen LogP contribution in [0.15, 0.2) is 47.4 Å². The van der Waals surface area contributed by atoms with Gasteiger partial charge in [-0.2, -0.15) is 30.4 Å². The molecule has 0 aliphatic heterocycles. The molecule has 27 heavy (non-hydrogen) atoms. The Morgan fingerprint density at radius 2 is 1.56 bits per heavy atom. The molecule has 12 heteroatoms. The van der Waals surface area contributed by atoms with Gasteiger partial charge in [-0.15, -0.1) is 0 Å². The van der Waals surface area contributed by atoms with E-state index >= 15 is 0 Å². The van der Waals surface area contributed by atoms with Crippen molar-refractivity contribution in [3.8, 4) is 11.5 Å². The van der Waals surface area contributed by atoms with E-state index in [-0.39, 0.29) is 11.8 Å². The number of halogens is 6. The van der Waals surface area contributed by atoms with Gasteiger partial charge in [-0.05, 0) is 42.0 Å². The highest BCUT2D eigenvalue weighted by molar-refractivity contribution is 7.86. The van der Waals surface area contributed by atoms with Crippen molar-refractivity contribution in [1.82, 2.24) is 0 Å². The van der Waals surface area contributed by atoms with Gasteiger partial charge in [0.1, 0.15) is 16.4 Å². The summed E-state index contributed by atoms with van der Waals surface area (Å²) in [4.78, 5) is -1.18. The van der Waals surface area contributed by atoms with E-state index in [1.54, 1.807) is 0 Å². The van der Waals surface area contributed by atoms with Gasteiger partial charge in [-0.1, -0.05) is 6.07 Å². The summed E-state index contributed by atoms with van der Waals surface area (Å²) in [6.45, 7) is 0. The number of nitrogen functional groups attached to an aromatic ring is 1. The van der Waals surface area contributed by atoms with Crippen molar-refractivity contribution in [2.75, 3.05) is 5.73 Å². The summed E-state index contributed by atoms with van der Waals surface area (Å²) < 4.78 is 114. The van der Waals surface area contributed by atoms with Crippen molar-refractivity contribution in [1.29, 1.82) is 0 Å². The Morgan fingerprint density at radius 1 is 1.00 bits per heavy atom. The molecular weight excluding hydrogens is 404 g/mol. The first-order chi connectivity index (χ1) is 12.2. The highest BCUT2D eigenvalue weighted by Crippen LogP contribution is 2.47. The van der Waals surface area contributed by atoms with Crippen molar-refractivity contribution in [3.63, 3.8) is 0 Å². The van der Waals surface area contributed by atoms with Gasteiger partial charge in [0, 0.05) is 5.69 Å². The van der Waals surface area contributed by atoms with Crippen molar-refractivity contribution < 1.29 is 44.0 Å². The number of alkyl halides is 6. The summed E-state index contributed by atoms with van der Waals surface area (Å²) in [6.07, 6.45) is -10.1. The highest BCUT2D eigenvalue weighted by atomic mass is 32.2. The lowest BCUT2D eigenvalue weighted by Gasteiger charge is -2.23. The topological polar surface area (TPSA) is 89.6 Å². The van der Waals surface area contributed by atoms with Gasteiger partial charge in [0.05, 0.1) is 0 Å². The maximum Gasteiger partial charge on any atom is 0.456 e. The molecule has 3 N–H and O–H groups in total. The van der Waals surface area contributed by atoms with Crippen LogP contribution in [0.5, 0.6) is 11.5 Å². The smallest absolute Gasteiger partial charge is 0.456 e. The molecule has 0 aliphatic carbocycles. The van der Waals surface area contributed by atoms with Gasteiger partial charge in [0.15, 0.2) is 6.17 Å². The monoisotopic (exact) mass is 415 g/mol. The standard InChI is InChI=1S/C15H11F6NO4S/c16-13(14(17,18)15(19,20)21)8-1-6-11(12(7-8)27(23,24)25)26-10-4-2-9(22)3-5-10/h1-7,13H,22H2,(H,23,24,25). The quantitative estimate of drug-likeness (QED) is 0.426. The second kappa shape index (κ2) is 6.93. The van der Waals surface area contributed by atoms with Crippen molar-refractivity contribution in [2.45, 2.75) is 23.2 Å². The summed E-state index contributed by atoms with van der Waals surface area (Å²) in [5, 5.41) is 0. The fraction of sp³-hybridized carbons (Fsp3) is 0.200. The van der Waals surface area contributed by atoms with Crippen LogP contribution in [0.3, 0.4) is 0 Å². The van der Waals surface area contributed by atoms with Crippen LogP contribution in [0.2, 0.25) is 0 Å². The van der Waals surface area contributed by atoms with E-state index in [9.17, 15) is 39.3 Å². The number of rotatable bonds is 5. The third-order valence-electron chi connectivity index (χ3n) is 3.34. The zero-order valence-electron chi connectivity index (χ0n) is 13.0. The normalized spacial score (nSPS) is 14.0. The Morgan fingerprint density at radius 3 is 2.04 bits per heavy atom. The Kier molecular flexibility index (Phi) is 5.34. The number of benzene rings is 2. The van der Waals surface area contributed by atoms with Crippen molar-refractivity contribution in [2.24, 2.45) is 0 Å². The molecular formula is C15H11F6NO4S. The minimum Gasteiger partial charge on any atom is -0.456 e. The van der Waals surface area contributed by atoms with Gasteiger partial charge in [0.2, 0.25) is 0 Å². The van der Waals surface area contributed by atoms with Crippen LogP contribution < -0.4 is 10.5 Å². The van der Waals surface area contributed by atoms with Crippen LogP contribution in [-0.4, -0.2) is 25.1 Å². The molecule has 0 spiro atoms. The molecule has 0 aromatic heterocycles. The molecule has 1 atom stereocenters. The molecule has 2 aromatic rings. The average molecular weight is 415 g/mol. The van der Waals surface area contributed by atoms with Crippen LogP contribution in [0.1, 0.15) is 11.7 Å². The van der Waals surface area contributed by atoms with Crippen LogP contribution in [0, 0.1) is 0 Å². The fourth-order valence-corrected chi connectivity index (χ4v) is 2.63. The predicted octanol–water partition coefficient (Wildman–Crippen LogP) is 4.52. The lowest BCUT2D eigenvalue weighted by atomic mass is 10.0. The largest absolute Gasteiger partial charge is 0.456 e. The summed E-state index contributed by atoms with van der Waals surface area (Å²) in [5.74, 6) is -6.38. The van der Waals surface area contributed by atoms with E-state index in [4.69, 9.17) is 10.5 Å². The summed E-state index contributed by atoms with van der Waals surface area (Å²) in [5.41, 5.74) is 4.48.